The number of phenols is 1. The third kappa shape index (κ3) is 1.69. The number of aliphatic hydroxyl groups is 1. The molecule has 0 saturated carbocycles. The molecule has 0 aliphatic heterocycles. The van der Waals surface area contributed by atoms with Gasteiger partial charge in [-0.3, -0.25) is 9.36 Å². The number of hydrogen-bond donors (Lipinski definition) is 2. The summed E-state index contributed by atoms with van der Waals surface area (Å²) in [4.78, 5) is 15.8. The number of rotatable bonds is 2. The maximum Gasteiger partial charge on any atom is 0.261 e. The molecule has 0 radical (unpaired) electrons. The fourth-order valence-electron chi connectivity index (χ4n) is 1.41. The van der Waals surface area contributed by atoms with Gasteiger partial charge in [-0.2, -0.15) is 0 Å². The van der Waals surface area contributed by atoms with Crippen molar-refractivity contribution in [3.05, 3.63) is 34.9 Å². The van der Waals surface area contributed by atoms with Crippen LogP contribution in [0.3, 0.4) is 0 Å². The quantitative estimate of drug-likeness (QED) is 0.730. The summed E-state index contributed by atoms with van der Waals surface area (Å²) in [6, 6.07) is 4.43. The van der Waals surface area contributed by atoms with Gasteiger partial charge in [0.25, 0.3) is 5.56 Å². The van der Waals surface area contributed by atoms with Crippen LogP contribution in [0, 0.1) is 0 Å². The highest BCUT2D eigenvalue weighted by atomic mass is 16.3. The van der Waals surface area contributed by atoms with Crippen LogP contribution in [0.4, 0.5) is 0 Å². The van der Waals surface area contributed by atoms with Gasteiger partial charge in [-0.05, 0) is 18.2 Å². The van der Waals surface area contributed by atoms with Crippen LogP contribution < -0.4 is 5.56 Å². The number of phenolic OH excluding ortho intramolecular Hbond substituents is 1. The first-order valence-electron chi connectivity index (χ1n) is 4.51. The highest BCUT2D eigenvalue weighted by Crippen LogP contribution is 2.14. The molecule has 5 nitrogen and oxygen atoms in total. The number of aromatic nitrogens is 2. The maximum absolute atomic E-state index is 11.8. The highest BCUT2D eigenvalue weighted by Gasteiger charge is 2.03. The summed E-state index contributed by atoms with van der Waals surface area (Å²) in [6.07, 6.45) is 1.39. The molecule has 15 heavy (non-hydrogen) atoms. The first-order chi connectivity index (χ1) is 7.22. The molecule has 2 N–H and O–H groups in total. The third-order valence-electron chi connectivity index (χ3n) is 2.15. The topological polar surface area (TPSA) is 75.3 Å². The Kier molecular flexibility index (Phi) is 2.39. The predicted octanol–water partition coefficient (Wildman–Crippen LogP) is 0.0944. The predicted molar refractivity (Wildman–Crippen MR) is 54.8 cm³/mol. The number of aliphatic hydroxyl groups excluding tert-OH is 1. The van der Waals surface area contributed by atoms with E-state index < -0.39 is 0 Å². The van der Waals surface area contributed by atoms with Crippen LogP contribution in [-0.2, 0) is 6.54 Å². The second-order valence-electron chi connectivity index (χ2n) is 3.17. The number of hydrogen-bond acceptors (Lipinski definition) is 4. The Bertz CT molecular complexity index is 548. The second-order valence-corrected chi connectivity index (χ2v) is 3.17. The zero-order valence-corrected chi connectivity index (χ0v) is 7.92. The summed E-state index contributed by atoms with van der Waals surface area (Å²) in [5.41, 5.74) is 0.275. The molecule has 0 unspecified atom stereocenters. The van der Waals surface area contributed by atoms with Gasteiger partial charge < -0.3 is 10.2 Å². The second kappa shape index (κ2) is 3.70. The molecule has 1 aromatic heterocycles. The summed E-state index contributed by atoms with van der Waals surface area (Å²) in [5.74, 6) is 0.0307. The molecule has 0 amide bonds. The van der Waals surface area contributed by atoms with Gasteiger partial charge in [0.05, 0.1) is 30.4 Å². The van der Waals surface area contributed by atoms with Gasteiger partial charge in [0.2, 0.25) is 0 Å². The lowest BCUT2D eigenvalue weighted by Crippen LogP contribution is -2.21. The maximum atomic E-state index is 11.8. The fraction of sp³-hybridized carbons (Fsp3) is 0.200. The summed E-state index contributed by atoms with van der Waals surface area (Å²) in [7, 11) is 0. The first kappa shape index (κ1) is 9.67. The number of aromatic hydroxyl groups is 1. The molecule has 0 atom stereocenters. The van der Waals surface area contributed by atoms with E-state index in [0.717, 1.165) is 0 Å². The van der Waals surface area contributed by atoms with Gasteiger partial charge in [-0.25, -0.2) is 4.98 Å². The van der Waals surface area contributed by atoms with Crippen LogP contribution in [0.2, 0.25) is 0 Å². The minimum atomic E-state index is -0.259. The molecule has 0 fully saturated rings. The van der Waals surface area contributed by atoms with Crippen molar-refractivity contribution in [3.63, 3.8) is 0 Å². The Morgan fingerprint density at radius 3 is 2.93 bits per heavy atom. The van der Waals surface area contributed by atoms with Gasteiger partial charge in [-0.1, -0.05) is 0 Å². The van der Waals surface area contributed by atoms with Gasteiger partial charge >= 0.3 is 0 Å². The molecule has 1 aromatic carbocycles. The number of benzene rings is 1. The lowest BCUT2D eigenvalue weighted by atomic mass is 10.2. The lowest BCUT2D eigenvalue weighted by Gasteiger charge is -2.04. The Labute approximate surface area is 85.2 Å². The summed E-state index contributed by atoms with van der Waals surface area (Å²) in [5, 5.41) is 18.3. The van der Waals surface area contributed by atoms with E-state index in [2.05, 4.69) is 4.98 Å². The van der Waals surface area contributed by atoms with Crippen LogP contribution >= 0.6 is 0 Å². The van der Waals surface area contributed by atoms with E-state index in [1.165, 1.54) is 23.0 Å². The standard InChI is InChI=1S/C10H10N2O3/c13-4-3-12-6-11-9-2-1-7(14)5-8(9)10(12)15/h1-2,5-6,13-14H,3-4H2. The normalized spacial score (nSPS) is 10.7. The minimum absolute atomic E-state index is 0.0307. The van der Waals surface area contributed by atoms with E-state index in [1.807, 2.05) is 0 Å². The molecule has 0 bridgehead atoms. The molecule has 0 spiro atoms. The lowest BCUT2D eigenvalue weighted by molar-refractivity contribution is 0.274. The van der Waals surface area contributed by atoms with Crippen LogP contribution in [0.25, 0.3) is 10.9 Å². The van der Waals surface area contributed by atoms with Crippen LogP contribution in [0.15, 0.2) is 29.3 Å². The highest BCUT2D eigenvalue weighted by molar-refractivity contribution is 5.78. The largest absolute Gasteiger partial charge is 0.508 e. The molecule has 5 heteroatoms. The van der Waals surface area contributed by atoms with Gasteiger partial charge in [0.1, 0.15) is 5.75 Å². The average molecular weight is 206 g/mol. The van der Waals surface area contributed by atoms with Gasteiger partial charge in [0.15, 0.2) is 0 Å². The van der Waals surface area contributed by atoms with E-state index in [1.54, 1.807) is 6.07 Å². The van der Waals surface area contributed by atoms with Gasteiger partial charge in [0, 0.05) is 0 Å². The van der Waals surface area contributed by atoms with Crippen molar-refractivity contribution in [2.24, 2.45) is 0 Å². The molecule has 2 rings (SSSR count). The summed E-state index contributed by atoms with van der Waals surface area (Å²) in [6.45, 7) is 0.0866. The average Bonchev–Trinajstić information content (AvgIpc) is 2.23. The molecule has 2 aromatic rings. The van der Waals surface area contributed by atoms with Crippen molar-refractivity contribution in [2.75, 3.05) is 6.61 Å². The molecule has 78 valence electrons. The number of nitrogens with zero attached hydrogens (tertiary/aromatic N) is 2. The Hall–Kier alpha value is -1.88. The first-order valence-corrected chi connectivity index (χ1v) is 4.51. The smallest absolute Gasteiger partial charge is 0.261 e. The molecule has 0 aliphatic rings. The minimum Gasteiger partial charge on any atom is -0.508 e. The zero-order chi connectivity index (χ0) is 10.8. The van der Waals surface area contributed by atoms with Crippen molar-refractivity contribution in [1.82, 2.24) is 9.55 Å². The van der Waals surface area contributed by atoms with E-state index in [9.17, 15) is 9.90 Å². The van der Waals surface area contributed by atoms with E-state index in [-0.39, 0.29) is 24.5 Å². The Morgan fingerprint density at radius 1 is 1.40 bits per heavy atom. The SMILES string of the molecule is O=c1c2cc(O)ccc2ncn1CCO. The van der Waals surface area contributed by atoms with E-state index >= 15 is 0 Å². The van der Waals surface area contributed by atoms with Crippen molar-refractivity contribution < 1.29 is 10.2 Å². The molecular weight excluding hydrogens is 196 g/mol. The summed E-state index contributed by atoms with van der Waals surface area (Å²) >= 11 is 0. The Balaban J connectivity index is 2.71. The van der Waals surface area contributed by atoms with E-state index in [4.69, 9.17) is 5.11 Å². The Morgan fingerprint density at radius 2 is 2.20 bits per heavy atom. The van der Waals surface area contributed by atoms with Crippen molar-refractivity contribution in [2.45, 2.75) is 6.54 Å². The fourth-order valence-corrected chi connectivity index (χ4v) is 1.41. The third-order valence-corrected chi connectivity index (χ3v) is 2.15. The molecule has 0 aliphatic carbocycles. The summed E-state index contributed by atoms with van der Waals surface area (Å²) < 4.78 is 1.31. The van der Waals surface area contributed by atoms with Crippen molar-refractivity contribution in [1.29, 1.82) is 0 Å². The van der Waals surface area contributed by atoms with Crippen LogP contribution in [0.1, 0.15) is 0 Å². The molecular formula is C10H10N2O3. The van der Waals surface area contributed by atoms with Gasteiger partial charge in [-0.15, -0.1) is 0 Å². The number of fused-ring (bicyclic) bond motifs is 1. The van der Waals surface area contributed by atoms with Crippen molar-refractivity contribution in [3.8, 4) is 5.75 Å². The molecule has 0 saturated heterocycles. The zero-order valence-electron chi connectivity index (χ0n) is 7.92. The molecule has 1 heterocycles. The van der Waals surface area contributed by atoms with Crippen molar-refractivity contribution >= 4 is 10.9 Å². The van der Waals surface area contributed by atoms with Crippen LogP contribution in [0.5, 0.6) is 5.75 Å². The van der Waals surface area contributed by atoms with Crippen LogP contribution in [-0.4, -0.2) is 26.4 Å². The monoisotopic (exact) mass is 206 g/mol. The van der Waals surface area contributed by atoms with E-state index in [0.29, 0.717) is 10.9 Å².